The summed E-state index contributed by atoms with van der Waals surface area (Å²) in [6.45, 7) is 3.47. The molecule has 1 fully saturated rings. The Balaban J connectivity index is 1.31. The first-order valence-electron chi connectivity index (χ1n) is 9.17. The van der Waals surface area contributed by atoms with E-state index >= 15 is 0 Å². The van der Waals surface area contributed by atoms with E-state index in [4.69, 9.17) is 0 Å². The zero-order valence-corrected chi connectivity index (χ0v) is 14.7. The first-order valence-corrected chi connectivity index (χ1v) is 9.17. The van der Waals surface area contributed by atoms with Gasteiger partial charge in [0, 0.05) is 43.3 Å². The molecule has 2 aromatic carbocycles. The highest BCUT2D eigenvalue weighted by Gasteiger charge is 2.23. The van der Waals surface area contributed by atoms with Crippen molar-refractivity contribution in [3.63, 3.8) is 0 Å². The highest BCUT2D eigenvalue weighted by atomic mass is 16.2. The lowest BCUT2D eigenvalue weighted by molar-refractivity contribution is 0.0909. The second-order valence-corrected chi connectivity index (χ2v) is 7.06. The van der Waals surface area contributed by atoms with E-state index in [0.29, 0.717) is 17.7 Å². The lowest BCUT2D eigenvalue weighted by atomic mass is 10.0. The molecule has 2 heterocycles. The molecule has 2 aliphatic rings. The number of benzene rings is 2. The van der Waals surface area contributed by atoms with E-state index < -0.39 is 0 Å². The SMILES string of the molecule is O=C(NC1CCN(Cc2ccccc2)CC1)c1ccc2c(c1)C(=O)NC2. The van der Waals surface area contributed by atoms with Crippen molar-refractivity contribution >= 4 is 11.8 Å². The summed E-state index contributed by atoms with van der Waals surface area (Å²) >= 11 is 0. The quantitative estimate of drug-likeness (QED) is 0.891. The number of likely N-dealkylation sites (tertiary alicyclic amines) is 1. The minimum Gasteiger partial charge on any atom is -0.349 e. The minimum absolute atomic E-state index is 0.0889. The average molecular weight is 349 g/mol. The summed E-state index contributed by atoms with van der Waals surface area (Å²) in [6.07, 6.45) is 1.90. The Bertz CT molecular complexity index is 811. The molecule has 0 spiro atoms. The zero-order valence-electron chi connectivity index (χ0n) is 14.7. The van der Waals surface area contributed by atoms with Crippen LogP contribution < -0.4 is 10.6 Å². The zero-order chi connectivity index (χ0) is 17.9. The molecule has 5 heteroatoms. The first-order chi connectivity index (χ1) is 12.7. The predicted molar refractivity (Wildman–Crippen MR) is 99.8 cm³/mol. The molecule has 2 amide bonds. The molecule has 2 aliphatic heterocycles. The van der Waals surface area contributed by atoms with Crippen molar-refractivity contribution in [2.75, 3.05) is 13.1 Å². The maximum absolute atomic E-state index is 12.5. The van der Waals surface area contributed by atoms with Crippen LogP contribution in [0.15, 0.2) is 48.5 Å². The smallest absolute Gasteiger partial charge is 0.251 e. The van der Waals surface area contributed by atoms with Gasteiger partial charge in [0.25, 0.3) is 11.8 Å². The van der Waals surface area contributed by atoms with Crippen LogP contribution >= 0.6 is 0 Å². The summed E-state index contributed by atoms with van der Waals surface area (Å²) in [6, 6.07) is 16.0. The Morgan fingerprint density at radius 3 is 2.65 bits per heavy atom. The van der Waals surface area contributed by atoms with Gasteiger partial charge in [-0.25, -0.2) is 0 Å². The molecule has 0 aliphatic carbocycles. The van der Waals surface area contributed by atoms with E-state index in [0.717, 1.165) is 38.0 Å². The first kappa shape index (κ1) is 16.8. The van der Waals surface area contributed by atoms with Crippen LogP contribution in [0.25, 0.3) is 0 Å². The average Bonchev–Trinajstić information content (AvgIpc) is 3.04. The highest BCUT2D eigenvalue weighted by molar-refractivity contribution is 6.02. The third-order valence-electron chi connectivity index (χ3n) is 5.23. The van der Waals surface area contributed by atoms with Gasteiger partial charge < -0.3 is 10.6 Å². The van der Waals surface area contributed by atoms with E-state index in [1.54, 1.807) is 12.1 Å². The monoisotopic (exact) mass is 349 g/mol. The van der Waals surface area contributed by atoms with Gasteiger partial charge in [-0.2, -0.15) is 0 Å². The lowest BCUT2D eigenvalue weighted by Crippen LogP contribution is -2.44. The number of carbonyl (C=O) groups is 2. The fourth-order valence-corrected chi connectivity index (χ4v) is 3.70. The summed E-state index contributed by atoms with van der Waals surface area (Å²) in [5.74, 6) is -0.183. The van der Waals surface area contributed by atoms with Crippen LogP contribution in [0.1, 0.15) is 44.7 Å². The van der Waals surface area contributed by atoms with Crippen molar-refractivity contribution in [3.8, 4) is 0 Å². The Hall–Kier alpha value is -2.66. The summed E-state index contributed by atoms with van der Waals surface area (Å²) in [5.41, 5.74) is 3.47. The molecule has 4 rings (SSSR count). The fourth-order valence-electron chi connectivity index (χ4n) is 3.70. The maximum Gasteiger partial charge on any atom is 0.251 e. The number of hydrogen-bond donors (Lipinski definition) is 2. The van der Waals surface area contributed by atoms with Crippen molar-refractivity contribution in [2.24, 2.45) is 0 Å². The molecule has 0 unspecified atom stereocenters. The summed E-state index contributed by atoms with van der Waals surface area (Å²) < 4.78 is 0. The van der Waals surface area contributed by atoms with Gasteiger partial charge in [0.1, 0.15) is 0 Å². The second-order valence-electron chi connectivity index (χ2n) is 7.06. The van der Waals surface area contributed by atoms with Gasteiger partial charge in [-0.05, 0) is 36.1 Å². The number of nitrogens with one attached hydrogen (secondary N) is 2. The molecule has 0 bridgehead atoms. The molecule has 2 aromatic rings. The number of fused-ring (bicyclic) bond motifs is 1. The van der Waals surface area contributed by atoms with Crippen LogP contribution in [0.3, 0.4) is 0 Å². The number of piperidine rings is 1. The number of rotatable bonds is 4. The van der Waals surface area contributed by atoms with Crippen molar-refractivity contribution in [1.82, 2.24) is 15.5 Å². The number of hydrogen-bond acceptors (Lipinski definition) is 3. The van der Waals surface area contributed by atoms with Gasteiger partial charge in [0.05, 0.1) is 0 Å². The molecule has 2 N–H and O–H groups in total. The van der Waals surface area contributed by atoms with E-state index in [-0.39, 0.29) is 17.9 Å². The van der Waals surface area contributed by atoms with Gasteiger partial charge in [-0.1, -0.05) is 36.4 Å². The van der Waals surface area contributed by atoms with E-state index in [1.807, 2.05) is 12.1 Å². The standard InChI is InChI=1S/C21H23N3O2/c25-20(16-6-7-17-13-22-21(26)19(17)12-16)23-18-8-10-24(11-9-18)14-15-4-2-1-3-5-15/h1-7,12,18H,8-11,13-14H2,(H,22,26)(H,23,25). The molecule has 0 radical (unpaired) electrons. The van der Waals surface area contributed by atoms with Crippen LogP contribution in [-0.2, 0) is 13.1 Å². The molecular formula is C21H23N3O2. The number of nitrogens with zero attached hydrogens (tertiary/aromatic N) is 1. The number of amides is 2. The number of carbonyl (C=O) groups excluding carboxylic acids is 2. The van der Waals surface area contributed by atoms with Crippen LogP contribution in [0, 0.1) is 0 Å². The Morgan fingerprint density at radius 1 is 1.12 bits per heavy atom. The normalized spacial score (nSPS) is 17.6. The maximum atomic E-state index is 12.5. The topological polar surface area (TPSA) is 61.4 Å². The van der Waals surface area contributed by atoms with Gasteiger partial charge in [-0.15, -0.1) is 0 Å². The van der Waals surface area contributed by atoms with Gasteiger partial charge in [-0.3, -0.25) is 14.5 Å². The Labute approximate surface area is 153 Å². The summed E-state index contributed by atoms with van der Waals surface area (Å²) in [4.78, 5) is 26.7. The van der Waals surface area contributed by atoms with Crippen LogP contribution in [0.4, 0.5) is 0 Å². The largest absolute Gasteiger partial charge is 0.349 e. The predicted octanol–water partition coefficient (Wildman–Crippen LogP) is 2.32. The molecule has 1 saturated heterocycles. The summed E-state index contributed by atoms with van der Waals surface area (Å²) in [5, 5.41) is 5.91. The third kappa shape index (κ3) is 3.63. The van der Waals surface area contributed by atoms with Crippen molar-refractivity contribution in [2.45, 2.75) is 32.0 Å². The molecule has 26 heavy (non-hydrogen) atoms. The molecule has 0 atom stereocenters. The summed E-state index contributed by atoms with van der Waals surface area (Å²) in [7, 11) is 0. The van der Waals surface area contributed by atoms with Gasteiger partial charge in [0.15, 0.2) is 0 Å². The fraction of sp³-hybridized carbons (Fsp3) is 0.333. The third-order valence-corrected chi connectivity index (χ3v) is 5.23. The van der Waals surface area contributed by atoms with Crippen LogP contribution in [0.2, 0.25) is 0 Å². The molecule has 0 saturated carbocycles. The van der Waals surface area contributed by atoms with E-state index in [2.05, 4.69) is 39.8 Å². The Kier molecular flexibility index (Phi) is 4.71. The molecular weight excluding hydrogens is 326 g/mol. The molecule has 0 aromatic heterocycles. The lowest BCUT2D eigenvalue weighted by Gasteiger charge is -2.32. The minimum atomic E-state index is -0.0936. The van der Waals surface area contributed by atoms with Gasteiger partial charge >= 0.3 is 0 Å². The van der Waals surface area contributed by atoms with Crippen LogP contribution in [0.5, 0.6) is 0 Å². The van der Waals surface area contributed by atoms with Crippen molar-refractivity contribution < 1.29 is 9.59 Å². The van der Waals surface area contributed by atoms with E-state index in [1.165, 1.54) is 5.56 Å². The van der Waals surface area contributed by atoms with Crippen molar-refractivity contribution in [1.29, 1.82) is 0 Å². The second kappa shape index (κ2) is 7.30. The van der Waals surface area contributed by atoms with Gasteiger partial charge in [0.2, 0.25) is 0 Å². The highest BCUT2D eigenvalue weighted by Crippen LogP contribution is 2.18. The Morgan fingerprint density at radius 2 is 1.88 bits per heavy atom. The van der Waals surface area contributed by atoms with Crippen LogP contribution in [-0.4, -0.2) is 35.8 Å². The van der Waals surface area contributed by atoms with E-state index in [9.17, 15) is 9.59 Å². The molecule has 134 valence electrons. The molecule has 5 nitrogen and oxygen atoms in total. The van der Waals surface area contributed by atoms with Crippen molar-refractivity contribution in [3.05, 3.63) is 70.8 Å².